The van der Waals surface area contributed by atoms with Crippen LogP contribution in [0.2, 0.25) is 0 Å². The van der Waals surface area contributed by atoms with Gasteiger partial charge in [0.15, 0.2) is 0 Å². The van der Waals surface area contributed by atoms with Crippen LogP contribution in [0, 0.1) is 0 Å². The van der Waals surface area contributed by atoms with Gasteiger partial charge in [0, 0.05) is 38.8 Å². The third-order valence-electron chi connectivity index (χ3n) is 5.50. The Morgan fingerprint density at radius 3 is 2.68 bits per heavy atom. The molecule has 4 rings (SSSR count). The molecule has 148 valence electrons. The van der Waals surface area contributed by atoms with Gasteiger partial charge in [-0.3, -0.25) is 14.7 Å². The van der Waals surface area contributed by atoms with E-state index in [0.29, 0.717) is 23.3 Å². The largest absolute Gasteiger partial charge is 0.508 e. The molecule has 2 aromatic rings. The highest BCUT2D eigenvalue weighted by atomic mass is 16.3. The number of hydrogen-bond donors (Lipinski definition) is 2. The van der Waals surface area contributed by atoms with E-state index >= 15 is 0 Å². The van der Waals surface area contributed by atoms with Crippen LogP contribution in [-0.4, -0.2) is 63.0 Å². The molecule has 0 atom stereocenters. The van der Waals surface area contributed by atoms with Crippen molar-refractivity contribution in [3.63, 3.8) is 0 Å². The highest BCUT2D eigenvalue weighted by Crippen LogP contribution is 2.19. The van der Waals surface area contributed by atoms with Gasteiger partial charge in [-0.15, -0.1) is 0 Å². The number of nitrogens with zero attached hydrogens (tertiary/aromatic N) is 4. The summed E-state index contributed by atoms with van der Waals surface area (Å²) in [4.78, 5) is 25.5. The predicted octanol–water partition coefficient (Wildman–Crippen LogP) is 2.49. The molecule has 0 unspecified atom stereocenters. The van der Waals surface area contributed by atoms with Gasteiger partial charge in [-0.1, -0.05) is 12.1 Å². The zero-order chi connectivity index (χ0) is 19.3. The molecule has 2 aliphatic heterocycles. The third kappa shape index (κ3) is 4.59. The van der Waals surface area contributed by atoms with Gasteiger partial charge in [-0.25, -0.2) is 4.98 Å². The van der Waals surface area contributed by atoms with E-state index in [1.807, 2.05) is 23.1 Å². The molecule has 0 spiro atoms. The summed E-state index contributed by atoms with van der Waals surface area (Å²) in [6.07, 6.45) is 7.40. The number of carbonyl (C=O) groups is 1. The maximum atomic E-state index is 12.5. The van der Waals surface area contributed by atoms with E-state index < -0.39 is 0 Å². The number of piperidine rings is 1. The van der Waals surface area contributed by atoms with Crippen LogP contribution < -0.4 is 5.32 Å². The van der Waals surface area contributed by atoms with E-state index in [4.69, 9.17) is 0 Å². The fraction of sp³-hybridized carbons (Fsp3) is 0.476. The first-order valence-corrected chi connectivity index (χ1v) is 10.1. The van der Waals surface area contributed by atoms with Crippen LogP contribution in [0.25, 0.3) is 0 Å². The smallest absolute Gasteiger partial charge is 0.274 e. The molecule has 1 aromatic heterocycles. The Morgan fingerprint density at radius 2 is 1.93 bits per heavy atom. The third-order valence-corrected chi connectivity index (χ3v) is 5.50. The van der Waals surface area contributed by atoms with Crippen molar-refractivity contribution < 1.29 is 9.90 Å². The maximum Gasteiger partial charge on any atom is 0.274 e. The number of likely N-dealkylation sites (tertiary alicyclic amines) is 2. The van der Waals surface area contributed by atoms with E-state index in [0.717, 1.165) is 64.0 Å². The van der Waals surface area contributed by atoms with Gasteiger partial charge in [-0.05, 0) is 43.4 Å². The van der Waals surface area contributed by atoms with Gasteiger partial charge in [0.2, 0.25) is 0 Å². The molecule has 0 bridgehead atoms. The SMILES string of the molecule is O=C(c1cncc(NC2CCN(Cc3cccc(O)c3)CC2)n1)N1CCCC1. The minimum atomic E-state index is -0.0189. The highest BCUT2D eigenvalue weighted by Gasteiger charge is 2.23. The van der Waals surface area contributed by atoms with Gasteiger partial charge in [-0.2, -0.15) is 0 Å². The zero-order valence-electron chi connectivity index (χ0n) is 16.0. The number of phenols is 1. The number of hydrogen-bond acceptors (Lipinski definition) is 6. The van der Waals surface area contributed by atoms with Crippen LogP contribution >= 0.6 is 0 Å². The van der Waals surface area contributed by atoms with Crippen molar-refractivity contribution >= 4 is 11.7 Å². The first kappa shape index (κ1) is 18.7. The first-order chi connectivity index (χ1) is 13.7. The van der Waals surface area contributed by atoms with Gasteiger partial charge < -0.3 is 15.3 Å². The monoisotopic (exact) mass is 381 g/mol. The summed E-state index contributed by atoms with van der Waals surface area (Å²) >= 11 is 0. The summed E-state index contributed by atoms with van der Waals surface area (Å²) in [5.41, 5.74) is 1.55. The molecule has 7 nitrogen and oxygen atoms in total. The maximum absolute atomic E-state index is 12.5. The van der Waals surface area contributed by atoms with E-state index in [-0.39, 0.29) is 5.91 Å². The fourth-order valence-electron chi connectivity index (χ4n) is 3.98. The number of aromatic hydroxyl groups is 1. The lowest BCUT2D eigenvalue weighted by atomic mass is 10.0. The van der Waals surface area contributed by atoms with Crippen LogP contribution in [0.1, 0.15) is 41.7 Å². The van der Waals surface area contributed by atoms with Gasteiger partial charge in [0.05, 0.1) is 12.4 Å². The Balaban J connectivity index is 1.30. The molecule has 1 amide bonds. The standard InChI is InChI=1S/C21H27N5O2/c27-18-5-3-4-16(12-18)15-25-10-6-17(7-11-25)23-20-14-22-13-19(24-20)21(28)26-8-1-2-9-26/h3-5,12-14,17,27H,1-2,6-11,15H2,(H,23,24). The highest BCUT2D eigenvalue weighted by molar-refractivity contribution is 5.92. The minimum Gasteiger partial charge on any atom is -0.508 e. The number of anilines is 1. The Labute approximate surface area is 165 Å². The lowest BCUT2D eigenvalue weighted by Gasteiger charge is -2.32. The molecule has 2 N–H and O–H groups in total. The molecular formula is C21H27N5O2. The molecule has 2 saturated heterocycles. The van der Waals surface area contributed by atoms with Crippen molar-refractivity contribution in [1.82, 2.24) is 19.8 Å². The number of phenolic OH excluding ortho intramolecular Hbond substituents is 1. The minimum absolute atomic E-state index is 0.0189. The van der Waals surface area contributed by atoms with Crippen LogP contribution in [0.4, 0.5) is 5.82 Å². The lowest BCUT2D eigenvalue weighted by Crippen LogP contribution is -2.39. The number of carbonyl (C=O) groups excluding carboxylic acids is 1. The molecule has 0 aliphatic carbocycles. The molecule has 2 aliphatic rings. The van der Waals surface area contributed by atoms with Crippen molar-refractivity contribution in [2.75, 3.05) is 31.5 Å². The summed E-state index contributed by atoms with van der Waals surface area (Å²) in [7, 11) is 0. The zero-order valence-corrected chi connectivity index (χ0v) is 16.0. The normalized spacial score (nSPS) is 18.4. The van der Waals surface area contributed by atoms with E-state index in [1.54, 1.807) is 18.5 Å². The number of amides is 1. The summed E-state index contributed by atoms with van der Waals surface area (Å²) in [6, 6.07) is 7.77. The van der Waals surface area contributed by atoms with Gasteiger partial charge in [0.25, 0.3) is 5.91 Å². The Morgan fingerprint density at radius 1 is 1.14 bits per heavy atom. The second kappa shape index (κ2) is 8.56. The first-order valence-electron chi connectivity index (χ1n) is 10.1. The number of nitrogens with one attached hydrogen (secondary N) is 1. The average molecular weight is 381 g/mol. The van der Waals surface area contributed by atoms with Crippen molar-refractivity contribution in [2.24, 2.45) is 0 Å². The number of benzene rings is 1. The molecule has 3 heterocycles. The summed E-state index contributed by atoms with van der Waals surface area (Å²) < 4.78 is 0. The number of rotatable bonds is 5. The fourth-order valence-corrected chi connectivity index (χ4v) is 3.98. The Bertz CT molecular complexity index is 814. The second-order valence-corrected chi connectivity index (χ2v) is 7.65. The number of aromatic nitrogens is 2. The van der Waals surface area contributed by atoms with Crippen molar-refractivity contribution in [2.45, 2.75) is 38.3 Å². The van der Waals surface area contributed by atoms with Crippen molar-refractivity contribution in [1.29, 1.82) is 0 Å². The van der Waals surface area contributed by atoms with Crippen molar-refractivity contribution in [3.8, 4) is 5.75 Å². The van der Waals surface area contributed by atoms with Crippen LogP contribution in [-0.2, 0) is 6.54 Å². The summed E-state index contributed by atoms with van der Waals surface area (Å²) in [5.74, 6) is 0.974. The molecule has 28 heavy (non-hydrogen) atoms. The molecule has 1 aromatic carbocycles. The average Bonchev–Trinajstić information content (AvgIpc) is 3.24. The molecule has 2 fully saturated rings. The Hall–Kier alpha value is -2.67. The molecule has 0 saturated carbocycles. The van der Waals surface area contributed by atoms with Crippen molar-refractivity contribution in [3.05, 3.63) is 47.9 Å². The van der Waals surface area contributed by atoms with E-state index in [1.165, 1.54) is 0 Å². The molecular weight excluding hydrogens is 354 g/mol. The van der Waals surface area contributed by atoms with E-state index in [2.05, 4.69) is 20.2 Å². The van der Waals surface area contributed by atoms with Gasteiger partial charge in [0.1, 0.15) is 17.3 Å². The van der Waals surface area contributed by atoms with Gasteiger partial charge >= 0.3 is 0 Å². The Kier molecular flexibility index (Phi) is 5.71. The summed E-state index contributed by atoms with van der Waals surface area (Å²) in [6.45, 7) is 4.44. The van der Waals surface area contributed by atoms with E-state index in [9.17, 15) is 9.90 Å². The summed E-state index contributed by atoms with van der Waals surface area (Å²) in [5, 5.41) is 13.1. The lowest BCUT2D eigenvalue weighted by molar-refractivity contribution is 0.0786. The quantitative estimate of drug-likeness (QED) is 0.828. The topological polar surface area (TPSA) is 81.6 Å². The predicted molar refractivity (Wildman–Crippen MR) is 107 cm³/mol. The van der Waals surface area contributed by atoms with Crippen LogP contribution in [0.5, 0.6) is 5.75 Å². The van der Waals surface area contributed by atoms with Crippen LogP contribution in [0.15, 0.2) is 36.7 Å². The molecule has 0 radical (unpaired) electrons. The van der Waals surface area contributed by atoms with Crippen LogP contribution in [0.3, 0.4) is 0 Å². The molecule has 7 heteroatoms. The second-order valence-electron chi connectivity index (χ2n) is 7.65.